The molecular weight excluding hydrogens is 382 g/mol. The molecule has 0 fully saturated rings. The van der Waals surface area contributed by atoms with Crippen LogP contribution in [-0.4, -0.2) is 15.4 Å². The Labute approximate surface area is 178 Å². The van der Waals surface area contributed by atoms with E-state index in [2.05, 4.69) is 77.5 Å². The van der Waals surface area contributed by atoms with Crippen LogP contribution < -0.4 is 4.72 Å². The molecule has 0 aliphatic heterocycles. The average Bonchev–Trinajstić information content (AvgIpc) is 2.60. The molecule has 2 nitrogen and oxygen atoms in total. The van der Waals surface area contributed by atoms with E-state index in [1.54, 1.807) is 23.7 Å². The number of ketones is 1. The second kappa shape index (κ2) is 7.55. The fourth-order valence-electron chi connectivity index (χ4n) is 3.71. The Balaban J connectivity index is 2.18. The van der Waals surface area contributed by atoms with E-state index < -0.39 is 4.08 Å². The quantitative estimate of drug-likeness (QED) is 0.452. The van der Waals surface area contributed by atoms with Crippen LogP contribution in [0.2, 0.25) is 0 Å². The maximum absolute atomic E-state index is 14.2. The molecule has 28 heavy (non-hydrogen) atoms. The molecule has 0 saturated heterocycles. The minimum Gasteiger partial charge on any atom is -0.292 e. The molecule has 0 spiro atoms. The molecular formula is C24H31NOS2. The number of thioether (sulfide) groups is 1. The molecule has 1 unspecified atom stereocenters. The van der Waals surface area contributed by atoms with Crippen molar-refractivity contribution >= 4 is 29.5 Å². The predicted molar refractivity (Wildman–Crippen MR) is 123 cm³/mol. The summed E-state index contributed by atoms with van der Waals surface area (Å²) in [5, 5.41) is 0. The van der Waals surface area contributed by atoms with Crippen molar-refractivity contribution in [3.63, 3.8) is 0 Å². The van der Waals surface area contributed by atoms with Gasteiger partial charge in [-0.05, 0) is 69.9 Å². The second-order valence-corrected chi connectivity index (χ2v) is 12.0. The van der Waals surface area contributed by atoms with Gasteiger partial charge in [-0.15, -0.1) is 0 Å². The summed E-state index contributed by atoms with van der Waals surface area (Å²) in [6.45, 7) is 15.1. The minimum atomic E-state index is -0.646. The van der Waals surface area contributed by atoms with Gasteiger partial charge >= 0.3 is 0 Å². The lowest BCUT2D eigenvalue weighted by Gasteiger charge is -2.49. The summed E-state index contributed by atoms with van der Waals surface area (Å²) in [7, 11) is 0. The normalized spacial score (nSPS) is 21.5. The lowest BCUT2D eigenvalue weighted by Crippen LogP contribution is -2.53. The predicted octanol–water partition coefficient (Wildman–Crippen LogP) is 6.59. The lowest BCUT2D eigenvalue weighted by atomic mass is 9.70. The second-order valence-electron chi connectivity index (χ2n) is 9.43. The number of Topliss-reactive ketones (excluding diaryl/α,β-unsaturated/α-hetero) is 1. The van der Waals surface area contributed by atoms with E-state index in [4.69, 9.17) is 0 Å². The Bertz CT molecular complexity index is 883. The van der Waals surface area contributed by atoms with Gasteiger partial charge < -0.3 is 0 Å². The van der Waals surface area contributed by atoms with Crippen molar-refractivity contribution in [2.75, 3.05) is 0 Å². The smallest absolute Gasteiger partial charge is 0.191 e. The van der Waals surface area contributed by atoms with Gasteiger partial charge in [0.05, 0.1) is 0 Å². The zero-order valence-corrected chi connectivity index (χ0v) is 19.6. The van der Waals surface area contributed by atoms with E-state index in [9.17, 15) is 4.79 Å². The Morgan fingerprint density at radius 2 is 1.57 bits per heavy atom. The van der Waals surface area contributed by atoms with E-state index in [1.807, 2.05) is 18.2 Å². The first kappa shape index (κ1) is 21.5. The number of hydrogen-bond acceptors (Lipinski definition) is 4. The van der Waals surface area contributed by atoms with E-state index in [-0.39, 0.29) is 16.7 Å². The topological polar surface area (TPSA) is 29.1 Å². The summed E-state index contributed by atoms with van der Waals surface area (Å²) in [6, 6.07) is 14.6. The largest absolute Gasteiger partial charge is 0.292 e. The third-order valence-electron chi connectivity index (χ3n) is 5.30. The molecule has 3 rings (SSSR count). The van der Waals surface area contributed by atoms with Crippen molar-refractivity contribution in [1.82, 2.24) is 4.72 Å². The summed E-state index contributed by atoms with van der Waals surface area (Å²) < 4.78 is 2.93. The highest BCUT2D eigenvalue weighted by atomic mass is 32.2. The number of carbonyl (C=O) groups excluding carboxylic acids is 1. The molecule has 0 amide bonds. The fraction of sp³-hybridized carbons (Fsp3) is 0.458. The van der Waals surface area contributed by atoms with Crippen LogP contribution in [0.5, 0.6) is 0 Å². The van der Waals surface area contributed by atoms with Crippen LogP contribution in [0.25, 0.3) is 0 Å². The Hall–Kier alpha value is -1.23. The first-order valence-corrected chi connectivity index (χ1v) is 11.4. The van der Waals surface area contributed by atoms with Gasteiger partial charge in [0, 0.05) is 21.4 Å². The van der Waals surface area contributed by atoms with Gasteiger partial charge in [0.2, 0.25) is 0 Å². The first-order chi connectivity index (χ1) is 13.0. The highest BCUT2D eigenvalue weighted by Gasteiger charge is 2.57. The molecule has 4 heteroatoms. The molecule has 0 saturated carbocycles. The van der Waals surface area contributed by atoms with Gasteiger partial charge in [-0.1, -0.05) is 67.9 Å². The third-order valence-corrected chi connectivity index (χ3v) is 9.07. The zero-order chi connectivity index (χ0) is 20.7. The van der Waals surface area contributed by atoms with Crippen LogP contribution in [-0.2, 0) is 6.42 Å². The lowest BCUT2D eigenvalue weighted by molar-refractivity contribution is 0.0900. The van der Waals surface area contributed by atoms with Crippen molar-refractivity contribution in [1.29, 1.82) is 0 Å². The summed E-state index contributed by atoms with van der Waals surface area (Å²) in [4.78, 5) is 15.3. The number of fused-ring (bicyclic) bond motifs is 1. The SMILES string of the molecule is Cc1ccc(C)c2c1CC(C)(C)C(SNC(C)(C)C)(Sc1ccccc1)C2=O. The van der Waals surface area contributed by atoms with Crippen LogP contribution in [0.3, 0.4) is 0 Å². The number of rotatable bonds is 4. The van der Waals surface area contributed by atoms with Crippen molar-refractivity contribution in [3.8, 4) is 0 Å². The van der Waals surface area contributed by atoms with Gasteiger partial charge in [-0.25, -0.2) is 0 Å². The maximum atomic E-state index is 14.2. The van der Waals surface area contributed by atoms with Gasteiger partial charge in [0.15, 0.2) is 5.78 Å². The summed E-state index contributed by atoms with van der Waals surface area (Å²) in [5.41, 5.74) is 4.12. The number of nitrogens with one attached hydrogen (secondary N) is 1. The molecule has 0 bridgehead atoms. The number of hydrogen-bond donors (Lipinski definition) is 1. The highest BCUT2D eigenvalue weighted by Crippen LogP contribution is 2.59. The highest BCUT2D eigenvalue weighted by molar-refractivity contribution is 8.18. The van der Waals surface area contributed by atoms with Crippen LogP contribution in [0.4, 0.5) is 0 Å². The molecule has 0 aromatic heterocycles. The Morgan fingerprint density at radius 1 is 0.964 bits per heavy atom. The van der Waals surface area contributed by atoms with Crippen LogP contribution in [0.1, 0.15) is 61.7 Å². The molecule has 2 aromatic rings. The number of aryl methyl sites for hydroxylation is 2. The van der Waals surface area contributed by atoms with E-state index in [0.29, 0.717) is 0 Å². The Kier molecular flexibility index (Phi) is 5.79. The molecule has 2 aromatic carbocycles. The van der Waals surface area contributed by atoms with E-state index >= 15 is 0 Å². The van der Waals surface area contributed by atoms with E-state index in [1.165, 1.54) is 11.1 Å². The minimum absolute atomic E-state index is 0.0901. The maximum Gasteiger partial charge on any atom is 0.191 e. The number of benzene rings is 2. The number of carbonyl (C=O) groups is 1. The van der Waals surface area contributed by atoms with Crippen LogP contribution >= 0.6 is 23.7 Å². The fourth-order valence-corrected chi connectivity index (χ4v) is 6.45. The molecule has 0 radical (unpaired) electrons. The Morgan fingerprint density at radius 3 is 2.18 bits per heavy atom. The van der Waals surface area contributed by atoms with Crippen LogP contribution in [0.15, 0.2) is 47.4 Å². The first-order valence-electron chi connectivity index (χ1n) is 9.80. The molecule has 1 atom stereocenters. The monoisotopic (exact) mass is 413 g/mol. The molecule has 1 N–H and O–H groups in total. The summed E-state index contributed by atoms with van der Waals surface area (Å²) >= 11 is 3.30. The zero-order valence-electron chi connectivity index (χ0n) is 18.0. The molecule has 1 aliphatic rings. The third kappa shape index (κ3) is 3.92. The molecule has 150 valence electrons. The van der Waals surface area contributed by atoms with Crippen LogP contribution in [0, 0.1) is 19.3 Å². The van der Waals surface area contributed by atoms with Gasteiger partial charge in [0.1, 0.15) is 4.08 Å². The van der Waals surface area contributed by atoms with Gasteiger partial charge in [-0.2, -0.15) is 0 Å². The molecule has 1 aliphatic carbocycles. The van der Waals surface area contributed by atoms with Crippen molar-refractivity contribution in [2.24, 2.45) is 5.41 Å². The van der Waals surface area contributed by atoms with E-state index in [0.717, 1.165) is 22.4 Å². The average molecular weight is 414 g/mol. The van der Waals surface area contributed by atoms with Crippen molar-refractivity contribution < 1.29 is 4.79 Å². The standard InChI is InChI=1S/C24H31NOS2/c1-16-13-14-17(2)20-19(16)15-23(6,7)24(21(20)26,28-25-22(3,4)5)27-18-11-9-8-10-12-18/h8-14,25H,15H2,1-7H3. The van der Waals surface area contributed by atoms with Gasteiger partial charge in [0.25, 0.3) is 0 Å². The summed E-state index contributed by atoms with van der Waals surface area (Å²) in [6.07, 6.45) is 0.889. The summed E-state index contributed by atoms with van der Waals surface area (Å²) in [5.74, 6) is 0.232. The van der Waals surface area contributed by atoms with Crippen molar-refractivity contribution in [3.05, 3.63) is 64.7 Å². The van der Waals surface area contributed by atoms with Crippen molar-refractivity contribution in [2.45, 2.75) is 69.4 Å². The van der Waals surface area contributed by atoms with Gasteiger partial charge in [-0.3, -0.25) is 9.52 Å². The molecule has 0 heterocycles.